The Balaban J connectivity index is 1.57. The van der Waals surface area contributed by atoms with E-state index in [-0.39, 0.29) is 0 Å². The van der Waals surface area contributed by atoms with Gasteiger partial charge in [-0.25, -0.2) is 0 Å². The molecule has 20 heavy (non-hydrogen) atoms. The maximum Gasteiger partial charge on any atom is 0.318 e. The van der Waals surface area contributed by atoms with Crippen LogP contribution in [0.5, 0.6) is 0 Å². The van der Waals surface area contributed by atoms with Crippen molar-refractivity contribution >= 4 is 6.01 Å². The summed E-state index contributed by atoms with van der Waals surface area (Å²) in [6, 6.07) is 11.8. The fourth-order valence-corrected chi connectivity index (χ4v) is 3.31. The Morgan fingerprint density at radius 2 is 1.75 bits per heavy atom. The molecule has 0 radical (unpaired) electrons. The lowest BCUT2D eigenvalue weighted by atomic mass is 10.2. The Hall–Kier alpha value is -1.88. The molecule has 2 aromatic rings. The van der Waals surface area contributed by atoms with Crippen LogP contribution < -0.4 is 4.90 Å². The lowest BCUT2D eigenvalue weighted by Gasteiger charge is -2.37. The second-order valence-electron chi connectivity index (χ2n) is 5.71. The molecule has 0 aliphatic carbocycles. The maximum absolute atomic E-state index is 5.85. The quantitative estimate of drug-likeness (QED) is 0.835. The Bertz CT molecular complexity index is 583. The van der Waals surface area contributed by atoms with Gasteiger partial charge in [-0.1, -0.05) is 23.3 Å². The molecule has 0 N–H and O–H groups in total. The summed E-state index contributed by atoms with van der Waals surface area (Å²) in [7, 11) is 2.23. The third kappa shape index (κ3) is 1.89. The number of fused-ring (bicyclic) bond motifs is 2. The molecule has 2 unspecified atom stereocenters. The highest BCUT2D eigenvalue weighted by molar-refractivity contribution is 5.53. The molecule has 1 aromatic heterocycles. The number of benzene rings is 1. The fourth-order valence-electron chi connectivity index (χ4n) is 3.31. The summed E-state index contributed by atoms with van der Waals surface area (Å²) in [5.41, 5.74) is 0.975. The molecule has 5 heteroatoms. The van der Waals surface area contributed by atoms with Crippen molar-refractivity contribution in [3.8, 4) is 11.5 Å². The predicted octanol–water partition coefficient (Wildman–Crippen LogP) is 2.02. The number of piperazine rings is 1. The summed E-state index contributed by atoms with van der Waals surface area (Å²) in [6.45, 7) is 1.98. The van der Waals surface area contributed by atoms with Gasteiger partial charge < -0.3 is 9.32 Å². The van der Waals surface area contributed by atoms with Crippen LogP contribution in [0.4, 0.5) is 6.01 Å². The van der Waals surface area contributed by atoms with E-state index in [0.29, 0.717) is 24.0 Å². The van der Waals surface area contributed by atoms with Crippen LogP contribution >= 0.6 is 0 Å². The highest BCUT2D eigenvalue weighted by Gasteiger charge is 2.38. The van der Waals surface area contributed by atoms with Crippen LogP contribution in [0.3, 0.4) is 0 Å². The number of likely N-dealkylation sites (N-methyl/N-ethyl adjacent to an activating group) is 1. The molecule has 5 nitrogen and oxygen atoms in total. The van der Waals surface area contributed by atoms with Crippen molar-refractivity contribution < 1.29 is 4.42 Å². The number of nitrogens with zero attached hydrogens (tertiary/aromatic N) is 4. The van der Waals surface area contributed by atoms with Gasteiger partial charge in [0, 0.05) is 30.7 Å². The van der Waals surface area contributed by atoms with Crippen molar-refractivity contribution in [1.29, 1.82) is 0 Å². The summed E-state index contributed by atoms with van der Waals surface area (Å²) in [5, 5.41) is 8.41. The van der Waals surface area contributed by atoms with Crippen molar-refractivity contribution in [2.45, 2.75) is 24.9 Å². The van der Waals surface area contributed by atoms with E-state index < -0.39 is 0 Å². The van der Waals surface area contributed by atoms with Crippen LogP contribution in [0.25, 0.3) is 11.5 Å². The molecule has 4 rings (SSSR count). The van der Waals surface area contributed by atoms with E-state index in [1.807, 2.05) is 30.3 Å². The highest BCUT2D eigenvalue weighted by atomic mass is 16.4. The zero-order valence-corrected chi connectivity index (χ0v) is 11.6. The second-order valence-corrected chi connectivity index (χ2v) is 5.71. The van der Waals surface area contributed by atoms with E-state index in [1.165, 1.54) is 12.8 Å². The molecular formula is C15H18N4O. The first kappa shape index (κ1) is 11.9. The number of anilines is 1. The van der Waals surface area contributed by atoms with Gasteiger partial charge >= 0.3 is 6.01 Å². The highest BCUT2D eigenvalue weighted by Crippen LogP contribution is 2.31. The molecular weight excluding hydrogens is 252 g/mol. The fraction of sp³-hybridized carbons (Fsp3) is 0.467. The first-order valence-electron chi connectivity index (χ1n) is 7.17. The smallest absolute Gasteiger partial charge is 0.318 e. The molecule has 0 saturated carbocycles. The molecule has 1 aromatic carbocycles. The zero-order valence-electron chi connectivity index (χ0n) is 11.6. The van der Waals surface area contributed by atoms with Gasteiger partial charge in [0.1, 0.15) is 0 Å². The number of hydrogen-bond acceptors (Lipinski definition) is 5. The van der Waals surface area contributed by atoms with Gasteiger partial charge in [-0.2, -0.15) is 0 Å². The van der Waals surface area contributed by atoms with Gasteiger partial charge in [0.05, 0.1) is 0 Å². The normalized spacial score (nSPS) is 26.1. The van der Waals surface area contributed by atoms with E-state index >= 15 is 0 Å². The van der Waals surface area contributed by atoms with Gasteiger partial charge in [-0.15, -0.1) is 5.10 Å². The van der Waals surface area contributed by atoms with Crippen LogP contribution in [0.2, 0.25) is 0 Å². The Morgan fingerprint density at radius 3 is 2.45 bits per heavy atom. The van der Waals surface area contributed by atoms with Crippen LogP contribution in [-0.2, 0) is 0 Å². The van der Waals surface area contributed by atoms with Crippen molar-refractivity contribution in [2.24, 2.45) is 0 Å². The number of hydrogen-bond donors (Lipinski definition) is 0. The van der Waals surface area contributed by atoms with Crippen molar-refractivity contribution in [1.82, 2.24) is 15.1 Å². The van der Waals surface area contributed by atoms with Crippen LogP contribution in [0.1, 0.15) is 12.8 Å². The van der Waals surface area contributed by atoms with Crippen molar-refractivity contribution in [3.63, 3.8) is 0 Å². The van der Waals surface area contributed by atoms with E-state index in [4.69, 9.17) is 4.42 Å². The summed E-state index contributed by atoms with van der Waals surface area (Å²) >= 11 is 0. The summed E-state index contributed by atoms with van der Waals surface area (Å²) in [5.74, 6) is 0.604. The number of rotatable bonds is 2. The monoisotopic (exact) mass is 270 g/mol. The molecule has 2 bridgehead atoms. The standard InChI is InChI=1S/C15H18N4O/c1-18-12-7-8-13(18)10-19(9-12)15-17-16-14(20-15)11-5-3-2-4-6-11/h2-6,12-13H,7-10H2,1H3. The Kier molecular flexibility index (Phi) is 2.73. The first-order valence-corrected chi connectivity index (χ1v) is 7.17. The Morgan fingerprint density at radius 1 is 1.05 bits per heavy atom. The van der Waals surface area contributed by atoms with Crippen molar-refractivity contribution in [3.05, 3.63) is 30.3 Å². The van der Waals surface area contributed by atoms with Crippen molar-refractivity contribution in [2.75, 3.05) is 25.0 Å². The summed E-state index contributed by atoms with van der Waals surface area (Å²) < 4.78 is 5.85. The van der Waals surface area contributed by atoms with E-state index in [9.17, 15) is 0 Å². The second kappa shape index (κ2) is 4.59. The predicted molar refractivity (Wildman–Crippen MR) is 76.5 cm³/mol. The molecule has 2 aliphatic rings. The SMILES string of the molecule is CN1C2CCC1CN(c1nnc(-c3ccccc3)o1)C2. The lowest BCUT2D eigenvalue weighted by molar-refractivity contribution is 0.208. The third-order valence-corrected chi connectivity index (χ3v) is 4.55. The average molecular weight is 270 g/mol. The molecule has 3 heterocycles. The minimum absolute atomic E-state index is 0.604. The van der Waals surface area contributed by atoms with Gasteiger partial charge in [-0.05, 0) is 32.0 Å². The Labute approximate surface area is 118 Å². The minimum atomic E-state index is 0.604. The average Bonchev–Trinajstić information content (AvgIpc) is 3.03. The molecule has 2 saturated heterocycles. The van der Waals surface area contributed by atoms with Crippen LogP contribution in [0, 0.1) is 0 Å². The molecule has 0 amide bonds. The van der Waals surface area contributed by atoms with Gasteiger partial charge in [0.25, 0.3) is 0 Å². The zero-order chi connectivity index (χ0) is 13.5. The third-order valence-electron chi connectivity index (χ3n) is 4.55. The van der Waals surface area contributed by atoms with Gasteiger partial charge in [0.15, 0.2) is 0 Å². The summed E-state index contributed by atoms with van der Waals surface area (Å²) in [6.07, 6.45) is 2.55. The topological polar surface area (TPSA) is 45.4 Å². The van der Waals surface area contributed by atoms with E-state index in [1.54, 1.807) is 0 Å². The molecule has 104 valence electrons. The maximum atomic E-state index is 5.85. The van der Waals surface area contributed by atoms with Crippen LogP contribution in [0.15, 0.2) is 34.7 Å². The summed E-state index contributed by atoms with van der Waals surface area (Å²) in [4.78, 5) is 4.73. The molecule has 2 aliphatic heterocycles. The molecule has 2 fully saturated rings. The largest absolute Gasteiger partial charge is 0.403 e. The van der Waals surface area contributed by atoms with Gasteiger partial charge in [0.2, 0.25) is 5.89 Å². The number of aromatic nitrogens is 2. The minimum Gasteiger partial charge on any atom is -0.403 e. The molecule has 0 spiro atoms. The van der Waals surface area contributed by atoms with Crippen LogP contribution in [-0.4, -0.2) is 47.3 Å². The lowest BCUT2D eigenvalue weighted by Crippen LogP contribution is -2.52. The van der Waals surface area contributed by atoms with E-state index in [0.717, 1.165) is 18.7 Å². The van der Waals surface area contributed by atoms with E-state index in [2.05, 4.69) is 27.0 Å². The molecule has 2 atom stereocenters. The first-order chi connectivity index (χ1) is 9.81. The van der Waals surface area contributed by atoms with Gasteiger partial charge in [-0.3, -0.25) is 4.90 Å².